The second-order valence-electron chi connectivity index (χ2n) is 3.54. The lowest BCUT2D eigenvalue weighted by Gasteiger charge is -1.97. The molecule has 0 aromatic carbocycles. The van der Waals surface area contributed by atoms with Gasteiger partial charge in [-0.1, -0.05) is 17.0 Å². The molecule has 2 aromatic rings. The number of aryl methyl sites for hydroxylation is 1. The van der Waals surface area contributed by atoms with Crippen LogP contribution in [0.3, 0.4) is 0 Å². The minimum absolute atomic E-state index is 0.0000709. The third-order valence-corrected chi connectivity index (χ3v) is 2.99. The van der Waals surface area contributed by atoms with Crippen LogP contribution < -0.4 is 5.32 Å². The molecule has 0 aliphatic heterocycles. The van der Waals surface area contributed by atoms with Crippen molar-refractivity contribution in [3.63, 3.8) is 0 Å². The summed E-state index contributed by atoms with van der Waals surface area (Å²) in [7, 11) is 0. The Balaban J connectivity index is 2.12. The molecule has 0 spiro atoms. The van der Waals surface area contributed by atoms with Gasteiger partial charge in [0.2, 0.25) is 0 Å². The van der Waals surface area contributed by atoms with Crippen molar-refractivity contribution >= 4 is 23.3 Å². The SMILES string of the molecule is Cc1noc(NC(=O)c2sccc2C#CCCO)n1. The first-order valence-electron chi connectivity index (χ1n) is 5.49. The monoisotopic (exact) mass is 277 g/mol. The summed E-state index contributed by atoms with van der Waals surface area (Å²) in [6.07, 6.45) is 0.375. The van der Waals surface area contributed by atoms with Gasteiger partial charge in [0.1, 0.15) is 4.88 Å². The molecule has 0 atom stereocenters. The third kappa shape index (κ3) is 3.40. The molecule has 2 N–H and O–H groups in total. The Bertz CT molecular complexity index is 636. The molecule has 0 radical (unpaired) electrons. The van der Waals surface area contributed by atoms with Crippen molar-refractivity contribution in [2.45, 2.75) is 13.3 Å². The maximum Gasteiger partial charge on any atom is 0.328 e. The van der Waals surface area contributed by atoms with Crippen LogP contribution in [-0.4, -0.2) is 27.8 Å². The second kappa shape index (κ2) is 6.13. The Labute approximate surface area is 113 Å². The van der Waals surface area contributed by atoms with E-state index in [4.69, 9.17) is 9.63 Å². The van der Waals surface area contributed by atoms with Gasteiger partial charge >= 0.3 is 6.01 Å². The fourth-order valence-electron chi connectivity index (χ4n) is 1.30. The standard InChI is InChI=1S/C12H11N3O3S/c1-8-13-12(18-15-8)14-11(17)10-9(5-7-19-10)4-2-3-6-16/h5,7,16H,3,6H2,1H3,(H,13,14,15,17). The minimum atomic E-state index is -0.341. The number of aromatic nitrogens is 2. The highest BCUT2D eigenvalue weighted by Gasteiger charge is 2.14. The highest BCUT2D eigenvalue weighted by molar-refractivity contribution is 7.12. The van der Waals surface area contributed by atoms with E-state index in [1.54, 1.807) is 18.4 Å². The van der Waals surface area contributed by atoms with Gasteiger partial charge in [-0.2, -0.15) is 4.98 Å². The predicted molar refractivity (Wildman–Crippen MR) is 69.9 cm³/mol. The van der Waals surface area contributed by atoms with Crippen molar-refractivity contribution in [3.05, 3.63) is 27.7 Å². The summed E-state index contributed by atoms with van der Waals surface area (Å²) in [5, 5.41) is 16.5. The van der Waals surface area contributed by atoms with Crippen molar-refractivity contribution in [2.75, 3.05) is 11.9 Å². The number of thiophene rings is 1. The highest BCUT2D eigenvalue weighted by atomic mass is 32.1. The number of carbonyl (C=O) groups excluding carboxylic acids is 1. The summed E-state index contributed by atoms with van der Waals surface area (Å²) >= 11 is 1.27. The largest absolute Gasteiger partial charge is 0.395 e. The van der Waals surface area contributed by atoms with Gasteiger partial charge in [0.05, 0.1) is 6.61 Å². The quantitative estimate of drug-likeness (QED) is 0.828. The molecule has 2 aromatic heterocycles. The van der Waals surface area contributed by atoms with Crippen LogP contribution in [0.15, 0.2) is 16.0 Å². The molecule has 0 fully saturated rings. The molecule has 0 saturated heterocycles. The van der Waals surface area contributed by atoms with Crippen molar-refractivity contribution in [1.82, 2.24) is 10.1 Å². The fourth-order valence-corrected chi connectivity index (χ4v) is 2.04. The summed E-state index contributed by atoms with van der Waals surface area (Å²) in [5.41, 5.74) is 0.618. The minimum Gasteiger partial charge on any atom is -0.395 e. The summed E-state index contributed by atoms with van der Waals surface area (Å²) in [6.45, 7) is 1.66. The smallest absolute Gasteiger partial charge is 0.328 e. The molecule has 98 valence electrons. The van der Waals surface area contributed by atoms with Crippen molar-refractivity contribution in [3.8, 4) is 11.8 Å². The number of amides is 1. The number of carbonyl (C=O) groups is 1. The fraction of sp³-hybridized carbons (Fsp3) is 0.250. The van der Waals surface area contributed by atoms with E-state index in [0.717, 1.165) is 0 Å². The molecule has 0 unspecified atom stereocenters. The molecule has 19 heavy (non-hydrogen) atoms. The number of anilines is 1. The lowest BCUT2D eigenvalue weighted by Crippen LogP contribution is -2.11. The molecular weight excluding hydrogens is 266 g/mol. The van der Waals surface area contributed by atoms with Gasteiger partial charge in [0.25, 0.3) is 5.91 Å². The molecule has 2 heterocycles. The molecular formula is C12H11N3O3S. The van der Waals surface area contributed by atoms with Crippen LogP contribution in [0.25, 0.3) is 0 Å². The predicted octanol–water partition coefficient (Wildman–Crippen LogP) is 1.43. The van der Waals surface area contributed by atoms with Gasteiger partial charge < -0.3 is 9.63 Å². The average Bonchev–Trinajstić information content (AvgIpc) is 2.99. The summed E-state index contributed by atoms with van der Waals surface area (Å²) in [6, 6.07) is 1.81. The van der Waals surface area contributed by atoms with Crippen LogP contribution in [-0.2, 0) is 0 Å². The van der Waals surface area contributed by atoms with Crippen molar-refractivity contribution in [2.24, 2.45) is 0 Å². The summed E-state index contributed by atoms with van der Waals surface area (Å²) in [5.74, 6) is 5.72. The zero-order chi connectivity index (χ0) is 13.7. The number of nitrogens with one attached hydrogen (secondary N) is 1. The van der Waals surface area contributed by atoms with Crippen LogP contribution in [0.1, 0.15) is 27.5 Å². The molecule has 0 saturated carbocycles. The van der Waals surface area contributed by atoms with Gasteiger partial charge in [0, 0.05) is 12.0 Å². The van der Waals surface area contributed by atoms with E-state index in [1.165, 1.54) is 11.3 Å². The van der Waals surface area contributed by atoms with Crippen LogP contribution in [0.2, 0.25) is 0 Å². The zero-order valence-corrected chi connectivity index (χ0v) is 11.0. The maximum absolute atomic E-state index is 12.0. The number of aliphatic hydroxyl groups excluding tert-OH is 1. The van der Waals surface area contributed by atoms with Gasteiger partial charge in [-0.15, -0.1) is 11.3 Å². The average molecular weight is 277 g/mol. The van der Waals surface area contributed by atoms with Crippen LogP contribution in [0, 0.1) is 18.8 Å². The van der Waals surface area contributed by atoms with Crippen molar-refractivity contribution < 1.29 is 14.4 Å². The Hall–Kier alpha value is -2.17. The third-order valence-electron chi connectivity index (χ3n) is 2.08. The Kier molecular flexibility index (Phi) is 4.28. The number of nitrogens with zero attached hydrogens (tertiary/aromatic N) is 2. The summed E-state index contributed by atoms with van der Waals surface area (Å²) in [4.78, 5) is 16.4. The number of hydrogen-bond donors (Lipinski definition) is 2. The molecule has 6 nitrogen and oxygen atoms in total. The number of hydrogen-bond acceptors (Lipinski definition) is 6. The van der Waals surface area contributed by atoms with E-state index in [0.29, 0.717) is 22.7 Å². The van der Waals surface area contributed by atoms with E-state index >= 15 is 0 Å². The Morgan fingerprint density at radius 3 is 3.16 bits per heavy atom. The van der Waals surface area contributed by atoms with E-state index < -0.39 is 0 Å². The van der Waals surface area contributed by atoms with Crippen LogP contribution >= 0.6 is 11.3 Å². The van der Waals surface area contributed by atoms with E-state index in [-0.39, 0.29) is 18.5 Å². The lowest BCUT2D eigenvalue weighted by molar-refractivity contribution is 0.102. The normalized spacial score (nSPS) is 9.79. The first-order chi connectivity index (χ1) is 9.20. The maximum atomic E-state index is 12.0. The van der Waals surface area contributed by atoms with Gasteiger partial charge in [-0.25, -0.2) is 0 Å². The molecule has 2 rings (SSSR count). The first-order valence-corrected chi connectivity index (χ1v) is 6.37. The first kappa shape index (κ1) is 13.3. The summed E-state index contributed by atoms with van der Waals surface area (Å²) < 4.78 is 4.81. The zero-order valence-electron chi connectivity index (χ0n) is 10.1. The second-order valence-corrected chi connectivity index (χ2v) is 4.46. The van der Waals surface area contributed by atoms with E-state index in [9.17, 15) is 4.79 Å². The Morgan fingerprint density at radius 2 is 2.47 bits per heavy atom. The number of aliphatic hydroxyl groups is 1. The van der Waals surface area contributed by atoms with Crippen LogP contribution in [0.4, 0.5) is 6.01 Å². The molecule has 7 heteroatoms. The van der Waals surface area contributed by atoms with Gasteiger partial charge in [-0.3, -0.25) is 10.1 Å². The Morgan fingerprint density at radius 1 is 1.63 bits per heavy atom. The van der Waals surface area contributed by atoms with Gasteiger partial charge in [-0.05, 0) is 18.4 Å². The topological polar surface area (TPSA) is 88.2 Å². The van der Waals surface area contributed by atoms with Crippen molar-refractivity contribution in [1.29, 1.82) is 0 Å². The van der Waals surface area contributed by atoms with E-state index in [2.05, 4.69) is 27.3 Å². The molecule has 0 bridgehead atoms. The molecule has 1 amide bonds. The lowest BCUT2D eigenvalue weighted by atomic mass is 10.2. The molecule has 0 aliphatic carbocycles. The number of rotatable bonds is 3. The molecule has 0 aliphatic rings. The van der Waals surface area contributed by atoms with E-state index in [1.807, 2.05) is 0 Å². The van der Waals surface area contributed by atoms with Crippen LogP contribution in [0.5, 0.6) is 0 Å². The van der Waals surface area contributed by atoms with Gasteiger partial charge in [0.15, 0.2) is 5.82 Å². The highest BCUT2D eigenvalue weighted by Crippen LogP contribution is 2.17.